The van der Waals surface area contributed by atoms with Gasteiger partial charge in [-0.25, -0.2) is 4.39 Å². The molecule has 0 spiro atoms. The number of hydrogen-bond donors (Lipinski definition) is 1. The van der Waals surface area contributed by atoms with Gasteiger partial charge >= 0.3 is 0 Å². The molecule has 0 aliphatic rings. The summed E-state index contributed by atoms with van der Waals surface area (Å²) in [5.74, 6) is 1.27. The van der Waals surface area contributed by atoms with E-state index < -0.39 is 0 Å². The van der Waals surface area contributed by atoms with Crippen LogP contribution in [-0.4, -0.2) is 6.54 Å². The third-order valence-corrected chi connectivity index (χ3v) is 4.18. The van der Waals surface area contributed by atoms with Crippen LogP contribution < -0.4 is 5.32 Å². The maximum Gasteiger partial charge on any atom is 0.123 e. The standard InChI is InChI=1S/C16H20FNOS/c1-11(2)9-18-10-13-8-14(17)4-5-16(13)20-15-6-7-19-12(15)3/h4-8,11,18H,9-10H2,1-3H3. The lowest BCUT2D eigenvalue weighted by Gasteiger charge is -2.11. The number of rotatable bonds is 6. The summed E-state index contributed by atoms with van der Waals surface area (Å²) >= 11 is 1.61. The van der Waals surface area contributed by atoms with E-state index in [0.29, 0.717) is 12.5 Å². The van der Waals surface area contributed by atoms with E-state index >= 15 is 0 Å². The van der Waals surface area contributed by atoms with Crippen molar-refractivity contribution in [3.63, 3.8) is 0 Å². The van der Waals surface area contributed by atoms with Crippen LogP contribution in [0.4, 0.5) is 4.39 Å². The van der Waals surface area contributed by atoms with Gasteiger partial charge in [-0.2, -0.15) is 0 Å². The zero-order chi connectivity index (χ0) is 14.5. The molecule has 0 aliphatic heterocycles. The van der Waals surface area contributed by atoms with E-state index in [4.69, 9.17) is 4.42 Å². The van der Waals surface area contributed by atoms with Gasteiger partial charge in [-0.15, -0.1) is 0 Å². The van der Waals surface area contributed by atoms with Gasteiger partial charge in [0.05, 0.1) is 11.2 Å². The van der Waals surface area contributed by atoms with Crippen LogP contribution in [0, 0.1) is 18.7 Å². The molecule has 0 unspecified atom stereocenters. The molecule has 0 saturated heterocycles. The molecular formula is C16H20FNOS. The Labute approximate surface area is 123 Å². The van der Waals surface area contributed by atoms with Crippen molar-refractivity contribution in [3.05, 3.63) is 47.7 Å². The van der Waals surface area contributed by atoms with Gasteiger partial charge in [-0.3, -0.25) is 0 Å². The van der Waals surface area contributed by atoms with Crippen LogP contribution in [0.5, 0.6) is 0 Å². The summed E-state index contributed by atoms with van der Waals surface area (Å²) in [6.45, 7) is 7.84. The van der Waals surface area contributed by atoms with Gasteiger partial charge in [0.1, 0.15) is 11.6 Å². The summed E-state index contributed by atoms with van der Waals surface area (Å²) in [6, 6.07) is 6.88. The van der Waals surface area contributed by atoms with Crippen molar-refractivity contribution >= 4 is 11.8 Å². The van der Waals surface area contributed by atoms with Crippen LogP contribution in [-0.2, 0) is 6.54 Å². The molecule has 0 aliphatic carbocycles. The normalized spacial score (nSPS) is 11.2. The Balaban J connectivity index is 2.13. The van der Waals surface area contributed by atoms with Crippen molar-refractivity contribution in [2.45, 2.75) is 37.1 Å². The molecular weight excluding hydrogens is 273 g/mol. The average molecular weight is 293 g/mol. The highest BCUT2D eigenvalue weighted by atomic mass is 32.2. The van der Waals surface area contributed by atoms with Crippen LogP contribution in [0.3, 0.4) is 0 Å². The first kappa shape index (κ1) is 15.1. The summed E-state index contributed by atoms with van der Waals surface area (Å²) in [5.41, 5.74) is 0.983. The van der Waals surface area contributed by atoms with E-state index in [0.717, 1.165) is 27.7 Å². The van der Waals surface area contributed by atoms with E-state index in [-0.39, 0.29) is 5.82 Å². The van der Waals surface area contributed by atoms with Gasteiger partial charge in [0, 0.05) is 11.4 Å². The second kappa shape index (κ2) is 6.95. The Morgan fingerprint density at radius 2 is 2.05 bits per heavy atom. The van der Waals surface area contributed by atoms with Crippen LogP contribution in [0.25, 0.3) is 0 Å². The van der Waals surface area contributed by atoms with Crippen molar-refractivity contribution in [1.82, 2.24) is 5.32 Å². The highest BCUT2D eigenvalue weighted by molar-refractivity contribution is 7.99. The lowest BCUT2D eigenvalue weighted by Crippen LogP contribution is -2.19. The predicted octanol–water partition coefficient (Wildman–Crippen LogP) is 4.62. The molecule has 1 N–H and O–H groups in total. The van der Waals surface area contributed by atoms with Crippen LogP contribution >= 0.6 is 11.8 Å². The fourth-order valence-electron chi connectivity index (χ4n) is 1.88. The molecule has 1 heterocycles. The second-order valence-corrected chi connectivity index (χ2v) is 6.30. The lowest BCUT2D eigenvalue weighted by atomic mass is 10.2. The van der Waals surface area contributed by atoms with Crippen molar-refractivity contribution in [1.29, 1.82) is 0 Å². The Kier molecular flexibility index (Phi) is 5.26. The number of hydrogen-bond acceptors (Lipinski definition) is 3. The fourth-order valence-corrected chi connectivity index (χ4v) is 2.83. The number of nitrogens with one attached hydrogen (secondary N) is 1. The molecule has 2 rings (SSSR count). The van der Waals surface area contributed by atoms with E-state index in [9.17, 15) is 4.39 Å². The van der Waals surface area contributed by atoms with E-state index in [1.807, 2.05) is 19.1 Å². The molecule has 1 aromatic carbocycles. The molecule has 2 nitrogen and oxygen atoms in total. The first-order valence-electron chi connectivity index (χ1n) is 6.77. The summed E-state index contributed by atoms with van der Waals surface area (Å²) in [7, 11) is 0. The molecule has 0 amide bonds. The van der Waals surface area contributed by atoms with Gasteiger partial charge in [-0.05, 0) is 49.2 Å². The summed E-state index contributed by atoms with van der Waals surface area (Å²) < 4.78 is 18.7. The minimum absolute atomic E-state index is 0.195. The average Bonchev–Trinajstić information content (AvgIpc) is 2.78. The third-order valence-electron chi connectivity index (χ3n) is 2.92. The summed E-state index contributed by atoms with van der Waals surface area (Å²) in [5, 5.41) is 3.36. The van der Waals surface area contributed by atoms with Gasteiger partial charge in [0.2, 0.25) is 0 Å². The molecule has 20 heavy (non-hydrogen) atoms. The van der Waals surface area contributed by atoms with E-state index in [1.54, 1.807) is 24.1 Å². The summed E-state index contributed by atoms with van der Waals surface area (Å²) in [4.78, 5) is 2.13. The van der Waals surface area contributed by atoms with Crippen LogP contribution in [0.1, 0.15) is 25.2 Å². The minimum atomic E-state index is -0.195. The van der Waals surface area contributed by atoms with Gasteiger partial charge in [0.15, 0.2) is 0 Å². The first-order chi connectivity index (χ1) is 9.56. The van der Waals surface area contributed by atoms with Crippen molar-refractivity contribution < 1.29 is 8.81 Å². The number of halogens is 1. The molecule has 108 valence electrons. The predicted molar refractivity (Wildman–Crippen MR) is 80.5 cm³/mol. The summed E-state index contributed by atoms with van der Waals surface area (Å²) in [6.07, 6.45) is 1.68. The topological polar surface area (TPSA) is 25.2 Å². The minimum Gasteiger partial charge on any atom is -0.468 e. The number of aryl methyl sites for hydroxylation is 1. The van der Waals surface area contributed by atoms with Gasteiger partial charge in [0.25, 0.3) is 0 Å². The number of benzene rings is 1. The maximum absolute atomic E-state index is 13.4. The van der Waals surface area contributed by atoms with Gasteiger partial charge in [-0.1, -0.05) is 25.6 Å². The highest BCUT2D eigenvalue weighted by Crippen LogP contribution is 2.33. The first-order valence-corrected chi connectivity index (χ1v) is 7.59. The van der Waals surface area contributed by atoms with Crippen LogP contribution in [0.15, 0.2) is 44.7 Å². The molecule has 2 aromatic rings. The molecule has 0 saturated carbocycles. The second-order valence-electron chi connectivity index (χ2n) is 5.22. The quantitative estimate of drug-likeness (QED) is 0.841. The maximum atomic E-state index is 13.4. The Bertz CT molecular complexity index is 565. The molecule has 0 fully saturated rings. The van der Waals surface area contributed by atoms with Crippen molar-refractivity contribution in [2.75, 3.05) is 6.54 Å². The Morgan fingerprint density at radius 1 is 1.25 bits per heavy atom. The largest absolute Gasteiger partial charge is 0.468 e. The van der Waals surface area contributed by atoms with E-state index in [2.05, 4.69) is 19.2 Å². The zero-order valence-corrected chi connectivity index (χ0v) is 12.9. The van der Waals surface area contributed by atoms with Crippen LogP contribution in [0.2, 0.25) is 0 Å². The third kappa shape index (κ3) is 4.12. The highest BCUT2D eigenvalue weighted by Gasteiger charge is 2.09. The Morgan fingerprint density at radius 3 is 2.70 bits per heavy atom. The fraction of sp³-hybridized carbons (Fsp3) is 0.375. The lowest BCUT2D eigenvalue weighted by molar-refractivity contribution is 0.527. The smallest absolute Gasteiger partial charge is 0.123 e. The zero-order valence-electron chi connectivity index (χ0n) is 12.1. The molecule has 4 heteroatoms. The molecule has 0 atom stereocenters. The van der Waals surface area contributed by atoms with Crippen molar-refractivity contribution in [2.24, 2.45) is 5.92 Å². The Hall–Kier alpha value is -1.26. The van der Waals surface area contributed by atoms with E-state index in [1.165, 1.54) is 6.07 Å². The molecule has 0 bridgehead atoms. The molecule has 1 aromatic heterocycles. The number of furan rings is 1. The van der Waals surface area contributed by atoms with Crippen molar-refractivity contribution in [3.8, 4) is 0 Å². The molecule has 0 radical (unpaired) electrons. The SMILES string of the molecule is Cc1occc1Sc1ccc(F)cc1CNCC(C)C. The monoisotopic (exact) mass is 293 g/mol. The van der Waals surface area contributed by atoms with Gasteiger partial charge < -0.3 is 9.73 Å².